The molecule has 5 heteroatoms. The Labute approximate surface area is 100 Å². The topological polar surface area (TPSA) is 59.2 Å². The molecule has 4 nitrogen and oxygen atoms in total. The van der Waals surface area contributed by atoms with Gasteiger partial charge in [-0.1, -0.05) is 19.1 Å². The van der Waals surface area contributed by atoms with Crippen LogP contribution in [0.5, 0.6) is 0 Å². The molecule has 0 aliphatic heterocycles. The van der Waals surface area contributed by atoms with Crippen LogP contribution in [0.3, 0.4) is 0 Å². The summed E-state index contributed by atoms with van der Waals surface area (Å²) in [7, 11) is 1.73. The van der Waals surface area contributed by atoms with Crippen molar-refractivity contribution >= 4 is 23.1 Å². The van der Waals surface area contributed by atoms with Crippen LogP contribution in [0.2, 0.25) is 0 Å². The van der Waals surface area contributed by atoms with Gasteiger partial charge in [0.15, 0.2) is 0 Å². The van der Waals surface area contributed by atoms with E-state index in [1.807, 2.05) is 6.92 Å². The normalized spacial score (nSPS) is 11.9. The number of amides is 1. The third kappa shape index (κ3) is 3.27. The first kappa shape index (κ1) is 12.6. The molecule has 0 aromatic carbocycles. The van der Waals surface area contributed by atoms with Gasteiger partial charge in [0.1, 0.15) is 0 Å². The second kappa shape index (κ2) is 5.55. The highest BCUT2D eigenvalue weighted by Crippen LogP contribution is 2.05. The van der Waals surface area contributed by atoms with Gasteiger partial charge in [0, 0.05) is 37.5 Å². The minimum atomic E-state index is -0.0505. The number of carbonyl (C=O) groups excluding carboxylic acids is 1. The van der Waals surface area contributed by atoms with Crippen molar-refractivity contribution in [1.29, 1.82) is 0 Å². The molecule has 0 saturated heterocycles. The van der Waals surface area contributed by atoms with Gasteiger partial charge in [-0.15, -0.1) is 0 Å². The Kier molecular flexibility index (Phi) is 4.37. The Hall–Kier alpha value is -1.49. The Bertz CT molecular complexity index is 380. The molecule has 1 atom stereocenters. The second-order valence-electron chi connectivity index (χ2n) is 3.72. The van der Waals surface area contributed by atoms with E-state index in [-0.39, 0.29) is 11.8 Å². The van der Waals surface area contributed by atoms with Crippen LogP contribution in [-0.4, -0.2) is 34.4 Å². The maximum absolute atomic E-state index is 11.9. The smallest absolute Gasteiger partial charge is 0.253 e. The van der Waals surface area contributed by atoms with E-state index in [1.54, 1.807) is 36.5 Å². The van der Waals surface area contributed by atoms with E-state index in [0.717, 1.165) is 0 Å². The summed E-state index contributed by atoms with van der Waals surface area (Å²) in [5, 5.41) is 0. The molecular weight excluding hydrogens is 222 g/mol. The first-order chi connectivity index (χ1) is 7.52. The van der Waals surface area contributed by atoms with Crippen LogP contribution in [0, 0.1) is 5.92 Å². The number of pyridine rings is 1. The zero-order valence-corrected chi connectivity index (χ0v) is 10.2. The molecule has 0 radical (unpaired) electrons. The van der Waals surface area contributed by atoms with E-state index in [4.69, 9.17) is 18.0 Å². The Morgan fingerprint density at radius 1 is 1.56 bits per heavy atom. The summed E-state index contributed by atoms with van der Waals surface area (Å²) in [4.78, 5) is 17.8. The quantitative estimate of drug-likeness (QED) is 0.796. The van der Waals surface area contributed by atoms with E-state index in [1.165, 1.54) is 0 Å². The molecule has 0 spiro atoms. The van der Waals surface area contributed by atoms with Crippen LogP contribution < -0.4 is 5.73 Å². The van der Waals surface area contributed by atoms with Crippen LogP contribution in [-0.2, 0) is 0 Å². The maximum atomic E-state index is 11.9. The van der Waals surface area contributed by atoms with Crippen molar-refractivity contribution in [3.8, 4) is 0 Å². The van der Waals surface area contributed by atoms with Gasteiger partial charge >= 0.3 is 0 Å². The van der Waals surface area contributed by atoms with Gasteiger partial charge in [0.25, 0.3) is 5.91 Å². The zero-order chi connectivity index (χ0) is 12.1. The summed E-state index contributed by atoms with van der Waals surface area (Å²) in [6.45, 7) is 2.43. The van der Waals surface area contributed by atoms with Gasteiger partial charge in [-0.2, -0.15) is 0 Å². The lowest BCUT2D eigenvalue weighted by Gasteiger charge is -2.20. The molecule has 0 saturated carbocycles. The van der Waals surface area contributed by atoms with Crippen molar-refractivity contribution in [3.63, 3.8) is 0 Å². The Morgan fingerprint density at radius 3 is 2.62 bits per heavy atom. The van der Waals surface area contributed by atoms with Crippen LogP contribution in [0.4, 0.5) is 0 Å². The lowest BCUT2D eigenvalue weighted by molar-refractivity contribution is 0.0787. The molecule has 0 aliphatic carbocycles. The predicted molar refractivity (Wildman–Crippen MR) is 67.1 cm³/mol. The monoisotopic (exact) mass is 237 g/mol. The van der Waals surface area contributed by atoms with Gasteiger partial charge in [-0.25, -0.2) is 0 Å². The van der Waals surface area contributed by atoms with Gasteiger partial charge in [-0.05, 0) is 12.1 Å². The number of carbonyl (C=O) groups is 1. The molecule has 1 amide bonds. The fourth-order valence-corrected chi connectivity index (χ4v) is 1.37. The first-order valence-corrected chi connectivity index (χ1v) is 5.38. The maximum Gasteiger partial charge on any atom is 0.253 e. The van der Waals surface area contributed by atoms with Crippen LogP contribution in [0.15, 0.2) is 24.5 Å². The average Bonchev–Trinajstić information content (AvgIpc) is 2.28. The Morgan fingerprint density at radius 2 is 2.12 bits per heavy atom. The summed E-state index contributed by atoms with van der Waals surface area (Å²) < 4.78 is 0. The number of nitrogens with zero attached hydrogens (tertiary/aromatic N) is 2. The van der Waals surface area contributed by atoms with Gasteiger partial charge < -0.3 is 10.6 Å². The molecule has 86 valence electrons. The molecular formula is C11H15N3OS. The third-order valence-corrected chi connectivity index (χ3v) is 2.71. The standard InChI is InChI=1S/C11H15N3OS/c1-8(10(12)16)7-14(2)11(15)9-3-5-13-6-4-9/h3-6,8H,7H2,1-2H3,(H2,12,16). The van der Waals surface area contributed by atoms with Crippen molar-refractivity contribution in [2.45, 2.75) is 6.92 Å². The third-order valence-electron chi connectivity index (χ3n) is 2.31. The van der Waals surface area contributed by atoms with Crippen LogP contribution in [0.1, 0.15) is 17.3 Å². The number of hydrogen-bond acceptors (Lipinski definition) is 3. The van der Waals surface area contributed by atoms with E-state index >= 15 is 0 Å². The fraction of sp³-hybridized carbons (Fsp3) is 0.364. The highest BCUT2D eigenvalue weighted by Gasteiger charge is 2.15. The SMILES string of the molecule is CC(CN(C)C(=O)c1ccncc1)C(N)=S. The molecule has 16 heavy (non-hydrogen) atoms. The van der Waals surface area contributed by atoms with Crippen LogP contribution in [0.25, 0.3) is 0 Å². The lowest BCUT2D eigenvalue weighted by Crippen LogP contribution is -2.35. The summed E-state index contributed by atoms with van der Waals surface area (Å²) in [5.41, 5.74) is 6.12. The molecule has 1 aromatic heterocycles. The molecule has 2 N–H and O–H groups in total. The van der Waals surface area contributed by atoms with Gasteiger partial charge in [0.2, 0.25) is 0 Å². The molecule has 0 aliphatic rings. The van der Waals surface area contributed by atoms with E-state index in [9.17, 15) is 4.79 Å². The highest BCUT2D eigenvalue weighted by molar-refractivity contribution is 7.80. The number of nitrogens with two attached hydrogens (primary N) is 1. The molecule has 0 fully saturated rings. The minimum Gasteiger partial charge on any atom is -0.393 e. The largest absolute Gasteiger partial charge is 0.393 e. The summed E-state index contributed by atoms with van der Waals surface area (Å²) in [5.74, 6) is -0.0312. The van der Waals surface area contributed by atoms with Crippen molar-refractivity contribution in [2.24, 2.45) is 11.7 Å². The molecule has 1 rings (SSSR count). The van der Waals surface area contributed by atoms with E-state index in [0.29, 0.717) is 17.1 Å². The molecule has 1 heterocycles. The van der Waals surface area contributed by atoms with E-state index < -0.39 is 0 Å². The first-order valence-electron chi connectivity index (χ1n) is 4.97. The average molecular weight is 237 g/mol. The molecule has 1 unspecified atom stereocenters. The Balaban J connectivity index is 2.65. The highest BCUT2D eigenvalue weighted by atomic mass is 32.1. The van der Waals surface area contributed by atoms with E-state index in [2.05, 4.69) is 4.98 Å². The number of thiocarbonyl (C=S) groups is 1. The number of aromatic nitrogens is 1. The van der Waals surface area contributed by atoms with Gasteiger partial charge in [-0.3, -0.25) is 9.78 Å². The van der Waals surface area contributed by atoms with Crippen molar-refractivity contribution in [1.82, 2.24) is 9.88 Å². The lowest BCUT2D eigenvalue weighted by atomic mass is 10.1. The van der Waals surface area contributed by atoms with Crippen molar-refractivity contribution in [2.75, 3.05) is 13.6 Å². The van der Waals surface area contributed by atoms with Gasteiger partial charge in [0.05, 0.1) is 4.99 Å². The summed E-state index contributed by atoms with van der Waals surface area (Å²) >= 11 is 4.87. The number of rotatable bonds is 4. The fourth-order valence-electron chi connectivity index (χ4n) is 1.30. The predicted octanol–water partition coefficient (Wildman–Crippen LogP) is 1.08. The molecule has 1 aromatic rings. The van der Waals surface area contributed by atoms with Crippen LogP contribution >= 0.6 is 12.2 Å². The summed E-state index contributed by atoms with van der Waals surface area (Å²) in [6, 6.07) is 3.37. The number of hydrogen-bond donors (Lipinski definition) is 1. The molecule has 0 bridgehead atoms. The zero-order valence-electron chi connectivity index (χ0n) is 9.38. The van der Waals surface area contributed by atoms with Crippen molar-refractivity contribution < 1.29 is 4.79 Å². The summed E-state index contributed by atoms with van der Waals surface area (Å²) in [6.07, 6.45) is 3.19. The van der Waals surface area contributed by atoms with Crippen molar-refractivity contribution in [3.05, 3.63) is 30.1 Å². The second-order valence-corrected chi connectivity index (χ2v) is 4.20. The minimum absolute atomic E-state index is 0.0192.